The van der Waals surface area contributed by atoms with Crippen molar-refractivity contribution in [1.29, 1.82) is 0 Å². The fraction of sp³-hybridized carbons (Fsp3) is 0. The molecule has 1 heterocycles. The topological polar surface area (TPSA) is 61.0 Å². The van der Waals surface area contributed by atoms with Gasteiger partial charge in [-0.1, -0.05) is 30.3 Å². The summed E-state index contributed by atoms with van der Waals surface area (Å²) in [5.74, 6) is 1.54. The fourth-order valence-corrected chi connectivity index (χ4v) is 1.73. The zero-order chi connectivity index (χ0) is 12.4. The molecule has 0 spiro atoms. The SMILES string of the molecule is Nc1cnc(Oc2ccc3ccccc3c2)cn1. The van der Waals surface area contributed by atoms with E-state index in [-0.39, 0.29) is 0 Å². The van der Waals surface area contributed by atoms with Crippen molar-refractivity contribution in [3.05, 3.63) is 54.9 Å². The Labute approximate surface area is 104 Å². The van der Waals surface area contributed by atoms with E-state index in [2.05, 4.69) is 16.0 Å². The highest BCUT2D eigenvalue weighted by Crippen LogP contribution is 2.24. The Morgan fingerprint density at radius 1 is 0.889 bits per heavy atom. The second-order valence-corrected chi connectivity index (χ2v) is 3.89. The van der Waals surface area contributed by atoms with Crippen LogP contribution in [0.2, 0.25) is 0 Å². The third-order valence-electron chi connectivity index (χ3n) is 2.59. The molecule has 0 bridgehead atoms. The largest absolute Gasteiger partial charge is 0.437 e. The van der Waals surface area contributed by atoms with Crippen LogP contribution in [0.3, 0.4) is 0 Å². The first-order chi connectivity index (χ1) is 8.81. The number of rotatable bonds is 2. The molecule has 0 amide bonds. The predicted octanol–water partition coefficient (Wildman–Crippen LogP) is 3.00. The lowest BCUT2D eigenvalue weighted by atomic mass is 10.1. The normalized spacial score (nSPS) is 10.4. The molecule has 2 N–H and O–H groups in total. The minimum atomic E-state index is 0.376. The monoisotopic (exact) mass is 237 g/mol. The lowest BCUT2D eigenvalue weighted by molar-refractivity contribution is 0.461. The first-order valence-corrected chi connectivity index (χ1v) is 5.55. The maximum absolute atomic E-state index is 5.61. The zero-order valence-electron chi connectivity index (χ0n) is 9.58. The predicted molar refractivity (Wildman–Crippen MR) is 70.5 cm³/mol. The molecule has 4 heteroatoms. The summed E-state index contributed by atoms with van der Waals surface area (Å²) in [6, 6.07) is 14.0. The van der Waals surface area contributed by atoms with Crippen LogP contribution in [0.25, 0.3) is 10.8 Å². The number of benzene rings is 2. The van der Waals surface area contributed by atoms with E-state index in [9.17, 15) is 0 Å². The average Bonchev–Trinajstić information content (AvgIpc) is 2.41. The molecule has 0 fully saturated rings. The van der Waals surface area contributed by atoms with E-state index < -0.39 is 0 Å². The molecule has 0 unspecified atom stereocenters. The molecule has 2 aromatic carbocycles. The number of ether oxygens (including phenoxy) is 1. The van der Waals surface area contributed by atoms with Gasteiger partial charge in [-0.3, -0.25) is 0 Å². The number of hydrogen-bond donors (Lipinski definition) is 1. The molecule has 3 aromatic rings. The van der Waals surface area contributed by atoms with Crippen LogP contribution in [0.15, 0.2) is 54.9 Å². The third-order valence-corrected chi connectivity index (χ3v) is 2.59. The van der Waals surface area contributed by atoms with E-state index in [1.54, 1.807) is 0 Å². The highest BCUT2D eigenvalue weighted by molar-refractivity contribution is 5.83. The molecule has 3 rings (SSSR count). The molecule has 18 heavy (non-hydrogen) atoms. The molecule has 1 aromatic heterocycles. The quantitative estimate of drug-likeness (QED) is 0.744. The molecule has 0 aliphatic heterocycles. The first kappa shape index (κ1) is 10.5. The van der Waals surface area contributed by atoms with Crippen LogP contribution in [-0.4, -0.2) is 9.97 Å². The van der Waals surface area contributed by atoms with Gasteiger partial charge in [0, 0.05) is 0 Å². The van der Waals surface area contributed by atoms with Gasteiger partial charge >= 0.3 is 0 Å². The molecule has 0 saturated carbocycles. The lowest BCUT2D eigenvalue weighted by Crippen LogP contribution is -1.93. The molecule has 0 aliphatic carbocycles. The molecule has 0 atom stereocenters. The van der Waals surface area contributed by atoms with Gasteiger partial charge in [0.15, 0.2) is 0 Å². The number of aromatic nitrogens is 2. The minimum Gasteiger partial charge on any atom is -0.437 e. The van der Waals surface area contributed by atoms with Crippen molar-refractivity contribution in [2.45, 2.75) is 0 Å². The summed E-state index contributed by atoms with van der Waals surface area (Å²) in [5.41, 5.74) is 5.47. The summed E-state index contributed by atoms with van der Waals surface area (Å²) in [7, 11) is 0. The van der Waals surface area contributed by atoms with E-state index in [0.29, 0.717) is 11.7 Å². The fourth-order valence-electron chi connectivity index (χ4n) is 1.73. The van der Waals surface area contributed by atoms with Crippen molar-refractivity contribution in [3.8, 4) is 11.6 Å². The van der Waals surface area contributed by atoms with E-state index in [1.165, 1.54) is 17.8 Å². The summed E-state index contributed by atoms with van der Waals surface area (Å²) < 4.78 is 5.61. The smallest absolute Gasteiger partial charge is 0.237 e. The summed E-state index contributed by atoms with van der Waals surface area (Å²) in [5, 5.41) is 2.30. The standard InChI is InChI=1S/C14H11N3O/c15-13-8-17-14(9-16-13)18-12-6-5-10-3-1-2-4-11(10)7-12/h1-9H,(H2,15,16). The molecule has 0 saturated heterocycles. The minimum absolute atomic E-state index is 0.376. The average molecular weight is 237 g/mol. The Bertz CT molecular complexity index is 680. The number of hydrogen-bond acceptors (Lipinski definition) is 4. The zero-order valence-corrected chi connectivity index (χ0v) is 9.58. The van der Waals surface area contributed by atoms with Gasteiger partial charge < -0.3 is 10.5 Å². The molecule has 4 nitrogen and oxygen atoms in total. The van der Waals surface area contributed by atoms with Crippen LogP contribution in [0, 0.1) is 0 Å². The van der Waals surface area contributed by atoms with Gasteiger partial charge in [-0.2, -0.15) is 0 Å². The van der Waals surface area contributed by atoms with Crippen LogP contribution in [0.1, 0.15) is 0 Å². The Balaban J connectivity index is 1.92. The van der Waals surface area contributed by atoms with E-state index in [4.69, 9.17) is 10.5 Å². The highest BCUT2D eigenvalue weighted by Gasteiger charge is 2.00. The summed E-state index contributed by atoms with van der Waals surface area (Å²) in [6.45, 7) is 0. The highest BCUT2D eigenvalue weighted by atomic mass is 16.5. The van der Waals surface area contributed by atoms with Crippen molar-refractivity contribution in [2.24, 2.45) is 0 Å². The van der Waals surface area contributed by atoms with Gasteiger partial charge in [0.2, 0.25) is 5.88 Å². The Kier molecular flexibility index (Phi) is 2.53. The maximum Gasteiger partial charge on any atom is 0.237 e. The second kappa shape index (κ2) is 4.33. The van der Waals surface area contributed by atoms with Crippen LogP contribution in [0.5, 0.6) is 11.6 Å². The number of nitrogens with zero attached hydrogens (tertiary/aromatic N) is 2. The van der Waals surface area contributed by atoms with Crippen LogP contribution < -0.4 is 10.5 Å². The maximum atomic E-state index is 5.61. The Hall–Kier alpha value is -2.62. The number of nitrogens with two attached hydrogens (primary N) is 1. The van der Waals surface area contributed by atoms with Crippen LogP contribution in [-0.2, 0) is 0 Å². The third kappa shape index (κ3) is 2.08. The second-order valence-electron chi connectivity index (χ2n) is 3.89. The Morgan fingerprint density at radius 3 is 2.50 bits per heavy atom. The Morgan fingerprint density at radius 2 is 1.72 bits per heavy atom. The van der Waals surface area contributed by atoms with Crippen molar-refractivity contribution < 1.29 is 4.74 Å². The van der Waals surface area contributed by atoms with E-state index >= 15 is 0 Å². The van der Waals surface area contributed by atoms with Gasteiger partial charge in [-0.05, 0) is 22.9 Å². The van der Waals surface area contributed by atoms with Crippen molar-refractivity contribution in [1.82, 2.24) is 9.97 Å². The van der Waals surface area contributed by atoms with Gasteiger partial charge in [0.25, 0.3) is 0 Å². The van der Waals surface area contributed by atoms with Gasteiger partial charge in [0.1, 0.15) is 11.6 Å². The van der Waals surface area contributed by atoms with Gasteiger partial charge in [0.05, 0.1) is 12.4 Å². The van der Waals surface area contributed by atoms with Gasteiger partial charge in [-0.15, -0.1) is 0 Å². The van der Waals surface area contributed by atoms with E-state index in [1.807, 2.05) is 36.4 Å². The van der Waals surface area contributed by atoms with Gasteiger partial charge in [-0.25, -0.2) is 9.97 Å². The molecular weight excluding hydrogens is 226 g/mol. The summed E-state index contributed by atoms with van der Waals surface area (Å²) in [4.78, 5) is 7.97. The number of nitrogen functional groups attached to an aromatic ring is 1. The molecule has 0 aliphatic rings. The van der Waals surface area contributed by atoms with Crippen molar-refractivity contribution >= 4 is 16.6 Å². The van der Waals surface area contributed by atoms with Crippen molar-refractivity contribution in [2.75, 3.05) is 5.73 Å². The molecule has 88 valence electrons. The number of anilines is 1. The molecular formula is C14H11N3O. The lowest BCUT2D eigenvalue weighted by Gasteiger charge is -2.05. The molecule has 0 radical (unpaired) electrons. The first-order valence-electron chi connectivity index (χ1n) is 5.55. The van der Waals surface area contributed by atoms with Crippen molar-refractivity contribution in [3.63, 3.8) is 0 Å². The van der Waals surface area contributed by atoms with Crippen LogP contribution in [0.4, 0.5) is 5.82 Å². The van der Waals surface area contributed by atoms with E-state index in [0.717, 1.165) is 11.1 Å². The summed E-state index contributed by atoms with van der Waals surface area (Å²) >= 11 is 0. The van der Waals surface area contributed by atoms with Crippen LogP contribution >= 0.6 is 0 Å². The summed E-state index contributed by atoms with van der Waals surface area (Å²) in [6.07, 6.45) is 2.97. The number of fused-ring (bicyclic) bond motifs is 1.